The Bertz CT molecular complexity index is 384. The van der Waals surface area contributed by atoms with Gasteiger partial charge in [-0.2, -0.15) is 0 Å². The third kappa shape index (κ3) is 2.44. The van der Waals surface area contributed by atoms with Crippen LogP contribution in [0.1, 0.15) is 11.6 Å². The van der Waals surface area contributed by atoms with Gasteiger partial charge < -0.3 is 5.73 Å². The molecule has 0 bridgehead atoms. The predicted octanol–water partition coefficient (Wildman–Crippen LogP) is 2.00. The van der Waals surface area contributed by atoms with Crippen molar-refractivity contribution in [2.75, 3.05) is 0 Å². The van der Waals surface area contributed by atoms with E-state index in [0.29, 0.717) is 6.07 Å². The molecule has 0 aromatic heterocycles. The van der Waals surface area contributed by atoms with Crippen LogP contribution in [0.5, 0.6) is 0 Å². The smallest absolute Gasteiger partial charge is 0.269 e. The van der Waals surface area contributed by atoms with Crippen LogP contribution in [0.3, 0.4) is 0 Å². The van der Waals surface area contributed by atoms with Gasteiger partial charge in [0.1, 0.15) is 5.82 Å². The number of benzene rings is 1. The topological polar surface area (TPSA) is 69.2 Å². The molecule has 0 saturated carbocycles. The second-order valence-electron chi connectivity index (χ2n) is 2.82. The van der Waals surface area contributed by atoms with E-state index in [4.69, 9.17) is 5.73 Å². The van der Waals surface area contributed by atoms with Crippen LogP contribution in [0.15, 0.2) is 18.2 Å². The van der Waals surface area contributed by atoms with Gasteiger partial charge in [-0.3, -0.25) is 10.1 Å². The highest BCUT2D eigenvalue weighted by molar-refractivity contribution is 5.37. The van der Waals surface area contributed by atoms with Gasteiger partial charge in [0, 0.05) is 17.7 Å². The second-order valence-corrected chi connectivity index (χ2v) is 2.82. The van der Waals surface area contributed by atoms with Gasteiger partial charge in [-0.25, -0.2) is 13.2 Å². The highest BCUT2D eigenvalue weighted by atomic mass is 19.3. The van der Waals surface area contributed by atoms with Crippen LogP contribution in [0.4, 0.5) is 18.9 Å². The van der Waals surface area contributed by atoms with Gasteiger partial charge in [0.25, 0.3) is 12.1 Å². The molecule has 0 amide bonds. The minimum Gasteiger partial charge on any atom is -0.319 e. The molecule has 0 fully saturated rings. The van der Waals surface area contributed by atoms with Crippen LogP contribution >= 0.6 is 0 Å². The molecule has 0 radical (unpaired) electrons. The molecule has 0 aliphatic carbocycles. The molecular formula is C8H7F3N2O2. The van der Waals surface area contributed by atoms with Crippen molar-refractivity contribution < 1.29 is 18.1 Å². The fourth-order valence-electron chi connectivity index (χ4n) is 1.04. The van der Waals surface area contributed by atoms with Gasteiger partial charge in [-0.05, 0) is 6.07 Å². The first-order chi connectivity index (χ1) is 6.93. The lowest BCUT2D eigenvalue weighted by Crippen LogP contribution is -2.20. The summed E-state index contributed by atoms with van der Waals surface area (Å²) in [6.45, 7) is 0. The summed E-state index contributed by atoms with van der Waals surface area (Å²) in [6.07, 6.45) is -2.97. The molecule has 1 rings (SSSR count). The Hall–Kier alpha value is -1.63. The first-order valence-corrected chi connectivity index (χ1v) is 3.91. The number of halogens is 3. The first-order valence-electron chi connectivity index (χ1n) is 3.91. The molecule has 0 aliphatic heterocycles. The Morgan fingerprint density at radius 2 is 2.00 bits per heavy atom. The van der Waals surface area contributed by atoms with Crippen LogP contribution < -0.4 is 5.73 Å². The third-order valence-electron chi connectivity index (χ3n) is 1.82. The Morgan fingerprint density at radius 1 is 1.40 bits per heavy atom. The summed E-state index contributed by atoms with van der Waals surface area (Å²) in [5.41, 5.74) is 3.97. The molecule has 4 nitrogen and oxygen atoms in total. The molecule has 0 spiro atoms. The molecule has 0 heterocycles. The van der Waals surface area contributed by atoms with Crippen LogP contribution in [0.2, 0.25) is 0 Å². The van der Waals surface area contributed by atoms with Crippen molar-refractivity contribution >= 4 is 5.69 Å². The van der Waals surface area contributed by atoms with Gasteiger partial charge in [0.2, 0.25) is 0 Å². The summed E-state index contributed by atoms with van der Waals surface area (Å²) < 4.78 is 37.3. The monoisotopic (exact) mass is 220 g/mol. The second kappa shape index (κ2) is 4.26. The Labute approximate surface area is 82.7 Å². The first kappa shape index (κ1) is 11.4. The lowest BCUT2D eigenvalue weighted by Gasteiger charge is -2.11. The summed E-state index contributed by atoms with van der Waals surface area (Å²) >= 11 is 0. The van der Waals surface area contributed by atoms with Crippen molar-refractivity contribution in [3.8, 4) is 0 Å². The Morgan fingerprint density at radius 3 is 2.47 bits per heavy atom. The van der Waals surface area contributed by atoms with E-state index in [2.05, 4.69) is 0 Å². The van der Waals surface area contributed by atoms with Crippen molar-refractivity contribution in [1.82, 2.24) is 0 Å². The molecule has 1 aromatic rings. The third-order valence-corrected chi connectivity index (χ3v) is 1.82. The number of rotatable bonds is 3. The fraction of sp³-hybridized carbons (Fsp3) is 0.250. The molecule has 82 valence electrons. The van der Waals surface area contributed by atoms with Gasteiger partial charge in [-0.15, -0.1) is 0 Å². The normalized spacial score (nSPS) is 12.9. The molecule has 0 aliphatic rings. The molecule has 0 unspecified atom stereocenters. The summed E-state index contributed by atoms with van der Waals surface area (Å²) in [5, 5.41) is 10.3. The fourth-order valence-corrected chi connectivity index (χ4v) is 1.04. The largest absolute Gasteiger partial charge is 0.319 e. The maximum Gasteiger partial charge on any atom is 0.269 e. The Kier molecular flexibility index (Phi) is 3.25. The molecule has 1 aromatic carbocycles. The van der Waals surface area contributed by atoms with Gasteiger partial charge >= 0.3 is 0 Å². The van der Waals surface area contributed by atoms with Crippen LogP contribution in [-0.2, 0) is 0 Å². The van der Waals surface area contributed by atoms with Crippen molar-refractivity contribution in [2.45, 2.75) is 12.5 Å². The average Bonchev–Trinajstić information content (AvgIpc) is 2.16. The van der Waals surface area contributed by atoms with Crippen molar-refractivity contribution in [3.05, 3.63) is 39.7 Å². The van der Waals surface area contributed by atoms with E-state index in [1.807, 2.05) is 0 Å². The van der Waals surface area contributed by atoms with E-state index < -0.39 is 34.5 Å². The number of nitro groups is 1. The van der Waals surface area contributed by atoms with Crippen LogP contribution in [-0.4, -0.2) is 11.3 Å². The lowest BCUT2D eigenvalue weighted by atomic mass is 10.1. The number of hydrogen-bond acceptors (Lipinski definition) is 3. The van der Waals surface area contributed by atoms with Crippen LogP contribution in [0.25, 0.3) is 0 Å². The minimum atomic E-state index is -2.97. The predicted molar refractivity (Wildman–Crippen MR) is 46.0 cm³/mol. The highest BCUT2D eigenvalue weighted by Crippen LogP contribution is 2.24. The summed E-state index contributed by atoms with van der Waals surface area (Å²) in [5.74, 6) is -0.978. The number of nitro benzene ring substituents is 1. The Balaban J connectivity index is 3.16. The zero-order chi connectivity index (χ0) is 11.6. The number of nitrogens with zero attached hydrogens (tertiary/aromatic N) is 1. The number of alkyl halides is 2. The lowest BCUT2D eigenvalue weighted by molar-refractivity contribution is -0.385. The molecular weight excluding hydrogens is 213 g/mol. The van der Waals surface area contributed by atoms with Gasteiger partial charge in [-0.1, -0.05) is 0 Å². The molecule has 0 saturated heterocycles. The van der Waals surface area contributed by atoms with E-state index in [1.54, 1.807) is 0 Å². The average molecular weight is 220 g/mol. The van der Waals surface area contributed by atoms with E-state index in [-0.39, 0.29) is 0 Å². The van der Waals surface area contributed by atoms with E-state index in [0.717, 1.165) is 12.1 Å². The highest BCUT2D eigenvalue weighted by Gasteiger charge is 2.23. The molecule has 7 heteroatoms. The van der Waals surface area contributed by atoms with Crippen LogP contribution in [0, 0.1) is 15.9 Å². The van der Waals surface area contributed by atoms with E-state index in [1.165, 1.54) is 0 Å². The summed E-state index contributed by atoms with van der Waals surface area (Å²) in [4.78, 5) is 9.51. The molecule has 1 atom stereocenters. The maximum atomic E-state index is 13.0. The molecule has 15 heavy (non-hydrogen) atoms. The standard InChI is InChI=1S/C8H7F3N2O2/c9-6-2-1-4(13(14)15)3-5(6)7(12)8(10)11/h1-3,7-8H,12H2/t7-/m0/s1. The van der Waals surface area contributed by atoms with E-state index >= 15 is 0 Å². The quantitative estimate of drug-likeness (QED) is 0.625. The maximum absolute atomic E-state index is 13.0. The number of nitrogens with two attached hydrogens (primary N) is 1. The van der Waals surface area contributed by atoms with Crippen molar-refractivity contribution in [3.63, 3.8) is 0 Å². The summed E-state index contributed by atoms with van der Waals surface area (Å²) in [7, 11) is 0. The summed E-state index contributed by atoms with van der Waals surface area (Å²) in [6, 6.07) is 0.490. The minimum absolute atomic E-state index is 0.470. The SMILES string of the molecule is N[C@@H](c1cc([N+](=O)[O-])ccc1F)C(F)F. The zero-order valence-corrected chi connectivity index (χ0v) is 7.36. The van der Waals surface area contributed by atoms with Gasteiger partial charge in [0.05, 0.1) is 11.0 Å². The van der Waals surface area contributed by atoms with Crippen molar-refractivity contribution in [2.24, 2.45) is 5.73 Å². The van der Waals surface area contributed by atoms with E-state index in [9.17, 15) is 23.3 Å². The number of non-ortho nitro benzene ring substituents is 1. The number of hydrogen-bond donors (Lipinski definition) is 1. The van der Waals surface area contributed by atoms with Crippen molar-refractivity contribution in [1.29, 1.82) is 0 Å². The van der Waals surface area contributed by atoms with Gasteiger partial charge in [0.15, 0.2) is 0 Å². The molecule has 2 N–H and O–H groups in total. The zero-order valence-electron chi connectivity index (χ0n) is 7.36.